The molecule has 0 radical (unpaired) electrons. The summed E-state index contributed by atoms with van der Waals surface area (Å²) in [7, 11) is 0. The van der Waals surface area contributed by atoms with E-state index in [1.54, 1.807) is 11.8 Å². The Morgan fingerprint density at radius 2 is 2.00 bits per heavy atom. The third-order valence-corrected chi connectivity index (χ3v) is 5.94. The number of rotatable bonds is 4. The Labute approximate surface area is 147 Å². The van der Waals surface area contributed by atoms with Gasteiger partial charge >= 0.3 is 0 Å². The summed E-state index contributed by atoms with van der Waals surface area (Å²) >= 11 is 1.80. The van der Waals surface area contributed by atoms with Crippen molar-refractivity contribution >= 4 is 17.7 Å². The first-order valence-electron chi connectivity index (χ1n) is 8.51. The highest BCUT2D eigenvalue weighted by atomic mass is 32.2. The predicted molar refractivity (Wildman–Crippen MR) is 96.2 cm³/mol. The van der Waals surface area contributed by atoms with Crippen molar-refractivity contribution in [3.8, 4) is 6.07 Å². The molecule has 24 heavy (non-hydrogen) atoms. The van der Waals surface area contributed by atoms with Crippen molar-refractivity contribution in [2.24, 2.45) is 11.7 Å². The topological polar surface area (TPSA) is 73.4 Å². The standard InChI is InChI=1S/C18H24N4OS/c19-11-14-1-3-15(4-2-14)12-21-7-5-16(6-8-21)17(20)18(23)22-9-10-24-13-22/h1-4,16-17H,5-10,12-13,20H2. The normalized spacial score (nSPS) is 20.8. The van der Waals surface area contributed by atoms with Gasteiger partial charge in [0.15, 0.2) is 0 Å². The van der Waals surface area contributed by atoms with Crippen molar-refractivity contribution in [3.05, 3.63) is 35.4 Å². The molecule has 2 N–H and O–H groups in total. The molecule has 2 fully saturated rings. The van der Waals surface area contributed by atoms with Crippen LogP contribution in [0.25, 0.3) is 0 Å². The number of nitrogens with zero attached hydrogens (tertiary/aromatic N) is 3. The van der Waals surface area contributed by atoms with Gasteiger partial charge in [-0.15, -0.1) is 11.8 Å². The smallest absolute Gasteiger partial charge is 0.240 e. The van der Waals surface area contributed by atoms with Crippen molar-refractivity contribution in [3.63, 3.8) is 0 Å². The van der Waals surface area contributed by atoms with Crippen molar-refractivity contribution in [2.45, 2.75) is 25.4 Å². The zero-order valence-corrected chi connectivity index (χ0v) is 14.7. The van der Waals surface area contributed by atoms with E-state index in [-0.39, 0.29) is 11.9 Å². The molecule has 6 heteroatoms. The van der Waals surface area contributed by atoms with Crippen molar-refractivity contribution in [2.75, 3.05) is 31.3 Å². The molecular formula is C18H24N4OS. The van der Waals surface area contributed by atoms with Gasteiger partial charge in [-0.2, -0.15) is 5.26 Å². The highest BCUT2D eigenvalue weighted by molar-refractivity contribution is 7.99. The molecule has 2 aliphatic heterocycles. The fourth-order valence-electron chi connectivity index (χ4n) is 3.41. The number of carbonyl (C=O) groups is 1. The highest BCUT2D eigenvalue weighted by Crippen LogP contribution is 2.24. The number of amides is 1. The van der Waals surface area contributed by atoms with E-state index in [4.69, 9.17) is 11.0 Å². The van der Waals surface area contributed by atoms with Crippen LogP contribution in [-0.4, -0.2) is 53.0 Å². The fraction of sp³-hybridized carbons (Fsp3) is 0.556. The van der Waals surface area contributed by atoms with Crippen LogP contribution in [0.15, 0.2) is 24.3 Å². The van der Waals surface area contributed by atoms with Gasteiger partial charge in [0.05, 0.1) is 23.6 Å². The summed E-state index contributed by atoms with van der Waals surface area (Å²) in [6, 6.07) is 9.57. The van der Waals surface area contributed by atoms with E-state index in [2.05, 4.69) is 11.0 Å². The highest BCUT2D eigenvalue weighted by Gasteiger charge is 2.32. The number of carbonyl (C=O) groups excluding carboxylic acids is 1. The molecule has 0 saturated carbocycles. The second kappa shape index (κ2) is 8.02. The number of hydrogen-bond acceptors (Lipinski definition) is 5. The molecule has 3 rings (SSSR count). The van der Waals surface area contributed by atoms with Gasteiger partial charge in [-0.1, -0.05) is 12.1 Å². The van der Waals surface area contributed by atoms with E-state index < -0.39 is 0 Å². The molecule has 0 spiro atoms. The van der Waals surface area contributed by atoms with E-state index in [9.17, 15) is 4.79 Å². The second-order valence-electron chi connectivity index (χ2n) is 6.59. The molecule has 1 amide bonds. The number of hydrogen-bond donors (Lipinski definition) is 1. The average Bonchev–Trinajstić information content (AvgIpc) is 3.16. The van der Waals surface area contributed by atoms with Crippen LogP contribution >= 0.6 is 11.8 Å². The SMILES string of the molecule is N#Cc1ccc(CN2CCC(C(N)C(=O)N3CCSC3)CC2)cc1. The van der Waals surface area contributed by atoms with Gasteiger partial charge in [0.25, 0.3) is 0 Å². The minimum absolute atomic E-state index is 0.130. The van der Waals surface area contributed by atoms with E-state index in [1.165, 1.54) is 5.56 Å². The summed E-state index contributed by atoms with van der Waals surface area (Å²) in [5.41, 5.74) is 8.17. The van der Waals surface area contributed by atoms with E-state index in [1.807, 2.05) is 29.2 Å². The van der Waals surface area contributed by atoms with Crippen molar-refractivity contribution in [1.82, 2.24) is 9.80 Å². The Kier molecular flexibility index (Phi) is 5.77. The number of thioether (sulfide) groups is 1. The molecule has 2 heterocycles. The fourth-order valence-corrected chi connectivity index (χ4v) is 4.37. The minimum atomic E-state index is -0.347. The first-order valence-corrected chi connectivity index (χ1v) is 9.66. The second-order valence-corrected chi connectivity index (χ2v) is 7.66. The molecule has 2 saturated heterocycles. The first kappa shape index (κ1) is 17.3. The van der Waals surface area contributed by atoms with Gasteiger partial charge < -0.3 is 10.6 Å². The Balaban J connectivity index is 1.48. The number of nitriles is 1. The molecule has 128 valence electrons. The van der Waals surface area contributed by atoms with Crippen molar-refractivity contribution < 1.29 is 4.79 Å². The van der Waals surface area contributed by atoms with Crippen LogP contribution in [0.2, 0.25) is 0 Å². The lowest BCUT2D eigenvalue weighted by Crippen LogP contribution is -2.49. The van der Waals surface area contributed by atoms with Gasteiger partial charge in [-0.05, 0) is 49.5 Å². The van der Waals surface area contributed by atoms with E-state index in [0.717, 1.165) is 50.7 Å². The van der Waals surface area contributed by atoms with Gasteiger partial charge in [0.1, 0.15) is 0 Å². The Bertz CT molecular complexity index is 598. The summed E-state index contributed by atoms with van der Waals surface area (Å²) in [6.45, 7) is 3.68. The lowest BCUT2D eigenvalue weighted by Gasteiger charge is -2.35. The van der Waals surface area contributed by atoms with Gasteiger partial charge in [0.2, 0.25) is 5.91 Å². The van der Waals surface area contributed by atoms with E-state index >= 15 is 0 Å². The molecular weight excluding hydrogens is 320 g/mol. The largest absolute Gasteiger partial charge is 0.331 e. The Morgan fingerprint density at radius 3 is 2.58 bits per heavy atom. The quantitative estimate of drug-likeness (QED) is 0.899. The van der Waals surface area contributed by atoms with Gasteiger partial charge in [0, 0.05) is 18.8 Å². The van der Waals surface area contributed by atoms with Crippen LogP contribution in [0.1, 0.15) is 24.0 Å². The molecule has 5 nitrogen and oxygen atoms in total. The van der Waals surface area contributed by atoms with Gasteiger partial charge in [-0.25, -0.2) is 0 Å². The maximum Gasteiger partial charge on any atom is 0.240 e. The lowest BCUT2D eigenvalue weighted by atomic mass is 9.89. The number of benzene rings is 1. The minimum Gasteiger partial charge on any atom is -0.331 e. The molecule has 1 aromatic rings. The first-order chi connectivity index (χ1) is 11.7. The maximum absolute atomic E-state index is 12.4. The molecule has 0 bridgehead atoms. The zero-order valence-electron chi connectivity index (χ0n) is 13.9. The monoisotopic (exact) mass is 344 g/mol. The number of piperidine rings is 1. The van der Waals surface area contributed by atoms with Crippen molar-refractivity contribution in [1.29, 1.82) is 5.26 Å². The van der Waals surface area contributed by atoms with Crippen LogP contribution in [-0.2, 0) is 11.3 Å². The van der Waals surface area contributed by atoms with Crippen LogP contribution in [0.3, 0.4) is 0 Å². The molecule has 1 atom stereocenters. The third kappa shape index (κ3) is 4.10. The molecule has 2 aliphatic rings. The summed E-state index contributed by atoms with van der Waals surface area (Å²) in [4.78, 5) is 16.7. The average molecular weight is 344 g/mol. The van der Waals surface area contributed by atoms with E-state index in [0.29, 0.717) is 11.5 Å². The maximum atomic E-state index is 12.4. The lowest BCUT2D eigenvalue weighted by molar-refractivity contribution is -0.132. The van der Waals surface area contributed by atoms with Crippen LogP contribution in [0.5, 0.6) is 0 Å². The van der Waals surface area contributed by atoms with Crippen LogP contribution in [0, 0.1) is 17.2 Å². The summed E-state index contributed by atoms with van der Waals surface area (Å²) in [6.07, 6.45) is 1.95. The third-order valence-electron chi connectivity index (χ3n) is 4.98. The zero-order chi connectivity index (χ0) is 16.9. The van der Waals surface area contributed by atoms with Gasteiger partial charge in [-0.3, -0.25) is 9.69 Å². The van der Waals surface area contributed by atoms with Crippen LogP contribution < -0.4 is 5.73 Å². The van der Waals surface area contributed by atoms with Crippen LogP contribution in [0.4, 0.5) is 0 Å². The summed E-state index contributed by atoms with van der Waals surface area (Å²) < 4.78 is 0. The molecule has 1 unspecified atom stereocenters. The number of likely N-dealkylation sites (tertiary alicyclic amines) is 1. The summed E-state index contributed by atoms with van der Waals surface area (Å²) in [5.74, 6) is 2.25. The Morgan fingerprint density at radius 1 is 1.29 bits per heavy atom. The predicted octanol–water partition coefficient (Wildman–Crippen LogP) is 1.63. The molecule has 1 aromatic carbocycles. The number of nitrogens with two attached hydrogens (primary N) is 1. The molecule has 0 aromatic heterocycles. The Hall–Kier alpha value is -1.55. The summed E-state index contributed by atoms with van der Waals surface area (Å²) in [5, 5.41) is 8.85. The molecule has 0 aliphatic carbocycles.